The Labute approximate surface area is 244 Å². The first-order valence-electron chi connectivity index (χ1n) is 15.9. The molecule has 3 aliphatic heterocycles. The van der Waals surface area contributed by atoms with Crippen molar-refractivity contribution in [2.75, 3.05) is 13.1 Å². The third-order valence-electron chi connectivity index (χ3n) is 10.6. The molecule has 3 heterocycles. The van der Waals surface area contributed by atoms with Crippen molar-refractivity contribution in [3.8, 4) is 0 Å². The normalized spacial score (nSPS) is 27.6. The van der Waals surface area contributed by atoms with E-state index in [2.05, 4.69) is 34.5 Å². The van der Waals surface area contributed by atoms with Gasteiger partial charge in [0.2, 0.25) is 0 Å². The van der Waals surface area contributed by atoms with Crippen LogP contribution in [0.5, 0.6) is 0 Å². The summed E-state index contributed by atoms with van der Waals surface area (Å²) in [6.45, 7) is 1.87. The van der Waals surface area contributed by atoms with Gasteiger partial charge < -0.3 is 15.3 Å². The third kappa shape index (κ3) is 4.87. The van der Waals surface area contributed by atoms with Gasteiger partial charge in [0, 0.05) is 24.7 Å². The van der Waals surface area contributed by atoms with E-state index in [1.807, 2.05) is 65.6 Å². The number of nitrogens with one attached hydrogen (secondary N) is 1. The maximum absolute atomic E-state index is 13.7. The lowest BCUT2D eigenvalue weighted by molar-refractivity contribution is 0.00803. The average molecular weight is 550 g/mol. The van der Waals surface area contributed by atoms with Crippen LogP contribution < -0.4 is 5.32 Å². The highest BCUT2D eigenvalue weighted by Gasteiger charge is 2.47. The maximum Gasteiger partial charge on any atom is 0.317 e. The molecule has 2 amide bonds. The molecule has 41 heavy (non-hydrogen) atoms. The predicted octanol–water partition coefficient (Wildman–Crippen LogP) is 6.94. The fraction of sp³-hybridized carbons (Fsp3) is 0.472. The lowest BCUT2D eigenvalue weighted by Gasteiger charge is -2.41. The highest BCUT2D eigenvalue weighted by atomic mass is 16.3. The molecule has 2 bridgehead atoms. The number of carbonyl (C=O) groups excluding carboxylic acids is 1. The zero-order valence-electron chi connectivity index (χ0n) is 24.0. The number of benzene rings is 3. The topological polar surface area (TPSA) is 55.8 Å². The van der Waals surface area contributed by atoms with Crippen LogP contribution in [0.1, 0.15) is 92.1 Å². The number of carbonyl (C=O) groups is 1. The number of likely N-dealkylation sites (tertiary alicyclic amines) is 1. The van der Waals surface area contributed by atoms with Crippen molar-refractivity contribution in [3.05, 3.63) is 107 Å². The Hall–Kier alpha value is -3.15. The van der Waals surface area contributed by atoms with Gasteiger partial charge in [0.1, 0.15) is 5.60 Å². The van der Waals surface area contributed by atoms with Gasteiger partial charge in [-0.2, -0.15) is 0 Å². The molecule has 0 spiro atoms. The number of urea groups is 1. The van der Waals surface area contributed by atoms with E-state index in [0.29, 0.717) is 18.6 Å². The van der Waals surface area contributed by atoms with Crippen molar-refractivity contribution in [2.45, 2.75) is 87.6 Å². The molecule has 2 saturated heterocycles. The standard InChI is InChI=1S/C36H43N3O2/c40-35(39-24-9-16-34(39)36(41,27-10-3-1-4-11-27)28-12-5-2-6-13-28)37-29-19-17-26(18-20-29)23-25-38-32-21-22-33(38)31-15-8-7-14-30(31)32/h1-8,10-15,26,29,32-34,41H,9,16-25H2,(H,37,40)/t26?,29?,32-,33+,34-/m1/s1. The van der Waals surface area contributed by atoms with Crippen LogP contribution in [0.15, 0.2) is 84.9 Å². The number of aliphatic hydroxyl groups is 1. The van der Waals surface area contributed by atoms with Gasteiger partial charge in [0.05, 0.1) is 6.04 Å². The van der Waals surface area contributed by atoms with Crippen LogP contribution in [0.3, 0.4) is 0 Å². The number of amides is 2. The van der Waals surface area contributed by atoms with Gasteiger partial charge >= 0.3 is 6.03 Å². The Kier molecular flexibility index (Phi) is 7.34. The first-order chi connectivity index (χ1) is 20.1. The summed E-state index contributed by atoms with van der Waals surface area (Å²) in [7, 11) is 0. The second-order valence-corrected chi connectivity index (χ2v) is 12.8. The van der Waals surface area contributed by atoms with Crippen LogP contribution >= 0.6 is 0 Å². The molecule has 3 atom stereocenters. The van der Waals surface area contributed by atoms with Gasteiger partial charge in [-0.3, -0.25) is 4.90 Å². The second-order valence-electron chi connectivity index (χ2n) is 12.8. The summed E-state index contributed by atoms with van der Waals surface area (Å²) >= 11 is 0. The van der Waals surface area contributed by atoms with Gasteiger partial charge in [-0.05, 0) is 92.5 Å². The van der Waals surface area contributed by atoms with Crippen LogP contribution in [0.25, 0.3) is 0 Å². The molecule has 3 aromatic rings. The van der Waals surface area contributed by atoms with Crippen molar-refractivity contribution in [2.24, 2.45) is 5.92 Å². The molecule has 2 N–H and O–H groups in total. The summed E-state index contributed by atoms with van der Waals surface area (Å²) < 4.78 is 0. The van der Waals surface area contributed by atoms with Crippen molar-refractivity contribution < 1.29 is 9.90 Å². The fourth-order valence-corrected chi connectivity index (χ4v) is 8.53. The zero-order valence-corrected chi connectivity index (χ0v) is 24.0. The van der Waals surface area contributed by atoms with Gasteiger partial charge in [-0.1, -0.05) is 84.9 Å². The van der Waals surface area contributed by atoms with E-state index in [0.717, 1.165) is 42.7 Å². The monoisotopic (exact) mass is 549 g/mol. The van der Waals surface area contributed by atoms with E-state index in [9.17, 15) is 9.90 Å². The Morgan fingerprint density at radius 2 is 1.32 bits per heavy atom. The number of hydrogen-bond donors (Lipinski definition) is 2. The van der Waals surface area contributed by atoms with E-state index in [1.165, 1.54) is 38.6 Å². The molecule has 1 aliphatic carbocycles. The van der Waals surface area contributed by atoms with E-state index in [-0.39, 0.29) is 18.1 Å². The molecule has 7 rings (SSSR count). The van der Waals surface area contributed by atoms with Gasteiger partial charge in [-0.25, -0.2) is 4.79 Å². The minimum absolute atomic E-state index is 0.0207. The van der Waals surface area contributed by atoms with Gasteiger partial charge in [0.15, 0.2) is 0 Å². The Morgan fingerprint density at radius 3 is 1.90 bits per heavy atom. The Morgan fingerprint density at radius 1 is 0.756 bits per heavy atom. The molecule has 0 radical (unpaired) electrons. The fourth-order valence-electron chi connectivity index (χ4n) is 8.53. The van der Waals surface area contributed by atoms with Crippen LogP contribution in [-0.2, 0) is 5.60 Å². The highest BCUT2D eigenvalue weighted by molar-refractivity contribution is 5.75. The molecular weight excluding hydrogens is 506 g/mol. The Bertz CT molecular complexity index is 1270. The smallest absolute Gasteiger partial charge is 0.317 e. The summed E-state index contributed by atoms with van der Waals surface area (Å²) in [6, 6.07) is 30.0. The molecule has 0 aromatic heterocycles. The third-order valence-corrected chi connectivity index (χ3v) is 10.6. The molecule has 1 saturated carbocycles. The SMILES string of the molecule is O=C(NC1CCC(CCN2[C@@H]3CC[C@H]2c2ccccc23)CC1)N1CCC[C@@H]1C(O)(c1ccccc1)c1ccccc1. The quantitative estimate of drug-likeness (QED) is 0.336. The van der Waals surface area contributed by atoms with Crippen molar-refractivity contribution in [1.29, 1.82) is 0 Å². The summed E-state index contributed by atoms with van der Waals surface area (Å²) in [4.78, 5) is 18.4. The number of hydrogen-bond acceptors (Lipinski definition) is 3. The van der Waals surface area contributed by atoms with E-state index in [1.54, 1.807) is 11.1 Å². The Balaban J connectivity index is 0.961. The summed E-state index contributed by atoms with van der Waals surface area (Å²) in [5.41, 5.74) is 3.57. The maximum atomic E-state index is 13.7. The first kappa shape index (κ1) is 26.7. The zero-order chi connectivity index (χ0) is 27.8. The lowest BCUT2D eigenvalue weighted by atomic mass is 9.79. The molecule has 4 aliphatic rings. The number of rotatable bonds is 7. The summed E-state index contributed by atoms with van der Waals surface area (Å²) in [5.74, 6) is 0.743. The van der Waals surface area contributed by atoms with Gasteiger partial charge in [0.25, 0.3) is 0 Å². The highest BCUT2D eigenvalue weighted by Crippen LogP contribution is 2.53. The minimum atomic E-state index is -1.25. The molecular formula is C36H43N3O2. The number of nitrogens with zero attached hydrogens (tertiary/aromatic N) is 2. The second kappa shape index (κ2) is 11.3. The van der Waals surface area contributed by atoms with Crippen molar-refractivity contribution in [3.63, 3.8) is 0 Å². The average Bonchev–Trinajstić information content (AvgIpc) is 3.76. The van der Waals surface area contributed by atoms with Crippen molar-refractivity contribution >= 4 is 6.03 Å². The van der Waals surface area contributed by atoms with Crippen molar-refractivity contribution in [1.82, 2.24) is 15.1 Å². The predicted molar refractivity (Wildman–Crippen MR) is 162 cm³/mol. The van der Waals surface area contributed by atoms with Crippen LogP contribution in [0.4, 0.5) is 4.79 Å². The molecule has 3 fully saturated rings. The molecule has 5 nitrogen and oxygen atoms in total. The van der Waals surface area contributed by atoms with Gasteiger partial charge in [-0.15, -0.1) is 0 Å². The van der Waals surface area contributed by atoms with E-state index < -0.39 is 5.60 Å². The molecule has 214 valence electrons. The van der Waals surface area contributed by atoms with E-state index >= 15 is 0 Å². The summed E-state index contributed by atoms with van der Waals surface area (Å²) in [5, 5.41) is 15.7. The minimum Gasteiger partial charge on any atom is -0.378 e. The first-order valence-corrected chi connectivity index (χ1v) is 15.9. The van der Waals surface area contributed by atoms with Crippen LogP contribution in [-0.4, -0.2) is 46.1 Å². The molecule has 0 unspecified atom stereocenters. The summed E-state index contributed by atoms with van der Waals surface area (Å²) in [6.07, 6.45) is 10.0. The van der Waals surface area contributed by atoms with Crippen LogP contribution in [0, 0.1) is 5.92 Å². The molecule has 5 heteroatoms. The van der Waals surface area contributed by atoms with Crippen LogP contribution in [0.2, 0.25) is 0 Å². The number of fused-ring (bicyclic) bond motifs is 5. The lowest BCUT2D eigenvalue weighted by Crippen LogP contribution is -2.54. The van der Waals surface area contributed by atoms with E-state index in [4.69, 9.17) is 0 Å². The largest absolute Gasteiger partial charge is 0.378 e. The molecule has 3 aromatic carbocycles.